The van der Waals surface area contributed by atoms with Gasteiger partial charge in [-0.25, -0.2) is 5.01 Å². The predicted molar refractivity (Wildman–Crippen MR) is 121 cm³/mol. The van der Waals surface area contributed by atoms with Crippen LogP contribution in [0.4, 0.5) is 0 Å². The van der Waals surface area contributed by atoms with Crippen LogP contribution in [0.5, 0.6) is 0 Å². The summed E-state index contributed by atoms with van der Waals surface area (Å²) in [4.78, 5) is 26.8. The number of carbonyl (C=O) groups excluding carboxylic acids is 2. The van der Waals surface area contributed by atoms with Crippen LogP contribution in [0.25, 0.3) is 0 Å². The Morgan fingerprint density at radius 2 is 1.77 bits per heavy atom. The van der Waals surface area contributed by atoms with Crippen molar-refractivity contribution in [3.63, 3.8) is 0 Å². The molecule has 2 amide bonds. The van der Waals surface area contributed by atoms with Gasteiger partial charge in [-0.05, 0) is 50.9 Å². The molecular weight excluding hydrogens is 388 g/mol. The zero-order chi connectivity index (χ0) is 22.0. The molecule has 1 atom stereocenters. The summed E-state index contributed by atoms with van der Waals surface area (Å²) in [7, 11) is 0. The maximum absolute atomic E-state index is 13.3. The number of hydrogen-bond donors (Lipinski definition) is 1. The second-order valence-electron chi connectivity index (χ2n) is 8.69. The molecule has 0 bridgehead atoms. The minimum Gasteiger partial charge on any atom is -0.369 e. The largest absolute Gasteiger partial charge is 0.369 e. The zero-order valence-electron chi connectivity index (χ0n) is 18.3. The number of primary amides is 1. The molecule has 0 aromatic heterocycles. The minimum atomic E-state index is -0.239. The fourth-order valence-corrected chi connectivity index (χ4v) is 4.61. The smallest absolute Gasteiger partial charge is 0.257 e. The second kappa shape index (κ2) is 9.02. The van der Waals surface area contributed by atoms with Crippen molar-refractivity contribution in [2.75, 3.05) is 19.6 Å². The summed E-state index contributed by atoms with van der Waals surface area (Å²) < 4.78 is 0. The maximum Gasteiger partial charge on any atom is 0.257 e. The van der Waals surface area contributed by atoms with E-state index in [-0.39, 0.29) is 23.8 Å². The Balaban J connectivity index is 1.55. The van der Waals surface area contributed by atoms with Gasteiger partial charge in [0.05, 0.1) is 18.3 Å². The number of hydrazone groups is 1. The van der Waals surface area contributed by atoms with Crippen molar-refractivity contribution in [1.29, 1.82) is 0 Å². The number of benzene rings is 2. The molecule has 162 valence electrons. The lowest BCUT2D eigenvalue weighted by Gasteiger charge is -2.31. The first-order valence-corrected chi connectivity index (χ1v) is 11.0. The van der Waals surface area contributed by atoms with Crippen molar-refractivity contribution >= 4 is 17.5 Å². The molecule has 2 aromatic carbocycles. The van der Waals surface area contributed by atoms with Gasteiger partial charge in [-0.3, -0.25) is 14.5 Å². The summed E-state index contributed by atoms with van der Waals surface area (Å²) >= 11 is 0. The fraction of sp³-hybridized carbons (Fsp3) is 0.400. The van der Waals surface area contributed by atoms with Crippen molar-refractivity contribution in [2.45, 2.75) is 39.2 Å². The fourth-order valence-electron chi connectivity index (χ4n) is 4.61. The molecular formula is C25H30N4O2. The van der Waals surface area contributed by atoms with Gasteiger partial charge in [-0.2, -0.15) is 5.10 Å². The highest BCUT2D eigenvalue weighted by Crippen LogP contribution is 2.33. The van der Waals surface area contributed by atoms with Gasteiger partial charge in [0.1, 0.15) is 0 Å². The Bertz CT molecular complexity index is 994. The average molecular weight is 419 g/mol. The number of nitrogens with zero attached hydrogens (tertiary/aromatic N) is 3. The van der Waals surface area contributed by atoms with E-state index in [4.69, 9.17) is 10.8 Å². The number of amides is 2. The van der Waals surface area contributed by atoms with E-state index in [0.717, 1.165) is 16.8 Å². The van der Waals surface area contributed by atoms with Crippen molar-refractivity contribution in [2.24, 2.45) is 16.8 Å². The lowest BCUT2D eigenvalue weighted by molar-refractivity contribution is -0.134. The summed E-state index contributed by atoms with van der Waals surface area (Å²) in [6.07, 6.45) is 2.12. The van der Waals surface area contributed by atoms with Gasteiger partial charge in [0, 0.05) is 17.9 Å². The molecule has 31 heavy (non-hydrogen) atoms. The van der Waals surface area contributed by atoms with Gasteiger partial charge >= 0.3 is 0 Å². The van der Waals surface area contributed by atoms with E-state index >= 15 is 0 Å². The molecule has 1 saturated heterocycles. The summed E-state index contributed by atoms with van der Waals surface area (Å²) in [6, 6.07) is 16.4. The molecule has 1 fully saturated rings. The van der Waals surface area contributed by atoms with Crippen molar-refractivity contribution in [1.82, 2.24) is 9.91 Å². The van der Waals surface area contributed by atoms with Gasteiger partial charge in [0.25, 0.3) is 5.91 Å². The Morgan fingerprint density at radius 1 is 1.06 bits per heavy atom. The Labute approximate surface area is 183 Å². The minimum absolute atomic E-state index is 0.00820. The number of rotatable bonds is 5. The summed E-state index contributed by atoms with van der Waals surface area (Å²) in [5.74, 6) is -0.326. The van der Waals surface area contributed by atoms with Crippen molar-refractivity contribution < 1.29 is 9.59 Å². The Kier molecular flexibility index (Phi) is 6.18. The SMILES string of the molecule is Cc1ccc(C2=NN(C(=O)CN3CCC(C(N)=O)CC3)[C@H](c3ccccc3)C2)c(C)c1. The molecule has 0 aliphatic carbocycles. The number of carbonyl (C=O) groups is 2. The van der Waals surface area contributed by atoms with Gasteiger partial charge < -0.3 is 5.73 Å². The molecule has 2 aromatic rings. The maximum atomic E-state index is 13.3. The van der Waals surface area contributed by atoms with Crippen LogP contribution in [-0.4, -0.2) is 47.1 Å². The molecule has 0 radical (unpaired) electrons. The third-order valence-corrected chi connectivity index (χ3v) is 6.39. The molecule has 2 N–H and O–H groups in total. The average Bonchev–Trinajstić information content (AvgIpc) is 3.20. The Morgan fingerprint density at radius 3 is 2.42 bits per heavy atom. The van der Waals surface area contributed by atoms with Crippen LogP contribution in [-0.2, 0) is 9.59 Å². The molecule has 2 heterocycles. The summed E-state index contributed by atoms with van der Waals surface area (Å²) in [5.41, 5.74) is 11.0. The van der Waals surface area contributed by atoms with Crippen LogP contribution in [0.15, 0.2) is 53.6 Å². The molecule has 2 aliphatic rings. The van der Waals surface area contributed by atoms with Crippen LogP contribution >= 0.6 is 0 Å². The number of piperidine rings is 1. The number of likely N-dealkylation sites (tertiary alicyclic amines) is 1. The quantitative estimate of drug-likeness (QED) is 0.810. The molecule has 4 rings (SSSR count). The zero-order valence-corrected chi connectivity index (χ0v) is 18.3. The predicted octanol–water partition coefficient (Wildman–Crippen LogP) is 3.18. The van der Waals surface area contributed by atoms with E-state index in [1.54, 1.807) is 5.01 Å². The van der Waals surface area contributed by atoms with E-state index in [1.165, 1.54) is 11.1 Å². The highest BCUT2D eigenvalue weighted by atomic mass is 16.2. The van der Waals surface area contributed by atoms with Crippen LogP contribution < -0.4 is 5.73 Å². The van der Waals surface area contributed by atoms with E-state index < -0.39 is 0 Å². The van der Waals surface area contributed by atoms with Crippen LogP contribution in [0, 0.1) is 19.8 Å². The third-order valence-electron chi connectivity index (χ3n) is 6.39. The van der Waals surface area contributed by atoms with E-state index in [1.807, 2.05) is 18.2 Å². The van der Waals surface area contributed by atoms with E-state index in [0.29, 0.717) is 38.9 Å². The normalized spacial score (nSPS) is 20.0. The highest BCUT2D eigenvalue weighted by Gasteiger charge is 2.34. The number of hydrogen-bond acceptors (Lipinski definition) is 4. The van der Waals surface area contributed by atoms with Gasteiger partial charge in [0.2, 0.25) is 5.91 Å². The number of nitrogens with two attached hydrogens (primary N) is 1. The van der Waals surface area contributed by atoms with Crippen LogP contribution in [0.1, 0.15) is 47.6 Å². The molecule has 6 heteroatoms. The van der Waals surface area contributed by atoms with Crippen molar-refractivity contribution in [3.05, 3.63) is 70.8 Å². The number of aryl methyl sites for hydroxylation is 2. The molecule has 0 unspecified atom stereocenters. The molecule has 6 nitrogen and oxygen atoms in total. The topological polar surface area (TPSA) is 79.0 Å². The molecule has 2 aliphatic heterocycles. The van der Waals surface area contributed by atoms with Crippen molar-refractivity contribution in [3.8, 4) is 0 Å². The van der Waals surface area contributed by atoms with Crippen LogP contribution in [0.2, 0.25) is 0 Å². The lowest BCUT2D eigenvalue weighted by atomic mass is 9.95. The Hall–Kier alpha value is -2.99. The molecule has 0 saturated carbocycles. The lowest BCUT2D eigenvalue weighted by Crippen LogP contribution is -2.43. The van der Waals surface area contributed by atoms with E-state index in [9.17, 15) is 9.59 Å². The summed E-state index contributed by atoms with van der Waals surface area (Å²) in [6.45, 7) is 5.89. The standard InChI is InChI=1S/C25H30N4O2/c1-17-8-9-21(18(2)14-17)22-15-23(19-6-4-3-5-7-19)29(27-22)24(30)16-28-12-10-20(11-13-28)25(26)31/h3-9,14,20,23H,10-13,15-16H2,1-2H3,(H2,26,31)/t23-/m0/s1. The molecule has 0 spiro atoms. The monoisotopic (exact) mass is 418 g/mol. The van der Waals surface area contributed by atoms with Gasteiger partial charge in [0.15, 0.2) is 0 Å². The van der Waals surface area contributed by atoms with Gasteiger partial charge in [-0.1, -0.05) is 54.1 Å². The van der Waals surface area contributed by atoms with Gasteiger partial charge in [-0.15, -0.1) is 0 Å². The third kappa shape index (κ3) is 4.69. The first-order chi connectivity index (χ1) is 14.9. The first-order valence-electron chi connectivity index (χ1n) is 11.0. The first kappa shape index (κ1) is 21.2. The summed E-state index contributed by atoms with van der Waals surface area (Å²) in [5, 5.41) is 6.49. The highest BCUT2D eigenvalue weighted by molar-refractivity contribution is 6.04. The van der Waals surface area contributed by atoms with Crippen LogP contribution in [0.3, 0.4) is 0 Å². The van der Waals surface area contributed by atoms with E-state index in [2.05, 4.69) is 49.1 Å². The second-order valence-corrected chi connectivity index (χ2v) is 8.69.